The minimum atomic E-state index is -1.13. The van der Waals surface area contributed by atoms with Crippen molar-refractivity contribution in [2.45, 2.75) is 33.1 Å². The van der Waals surface area contributed by atoms with Crippen LogP contribution in [0.2, 0.25) is 0 Å². The minimum absolute atomic E-state index is 0.0413. The number of carbonyl (C=O) groups is 2. The average Bonchev–Trinajstić information content (AvgIpc) is 2.02. The van der Waals surface area contributed by atoms with Crippen molar-refractivity contribution in [2.24, 2.45) is 11.7 Å². The molecule has 0 bridgehead atoms. The van der Waals surface area contributed by atoms with Crippen molar-refractivity contribution in [3.8, 4) is 0 Å². The van der Waals surface area contributed by atoms with Gasteiger partial charge >= 0.3 is 6.03 Å². The number of rotatable bonds is 4. The summed E-state index contributed by atoms with van der Waals surface area (Å²) in [5.41, 5.74) is 4.68. The van der Waals surface area contributed by atoms with Crippen molar-refractivity contribution in [3.05, 3.63) is 0 Å². The molecule has 0 aliphatic carbocycles. The van der Waals surface area contributed by atoms with Crippen LogP contribution in [0.1, 0.15) is 33.1 Å². The first-order valence-electron chi connectivity index (χ1n) is 4.26. The highest BCUT2D eigenvalue weighted by atomic mass is 16.5. The lowest BCUT2D eigenvalue weighted by Crippen LogP contribution is -2.37. The third-order valence-electron chi connectivity index (χ3n) is 1.62. The topological polar surface area (TPSA) is 83.6 Å². The SMILES string of the molecule is CC(C)CCCC(=O)N(O)C(N)=O. The summed E-state index contributed by atoms with van der Waals surface area (Å²) in [7, 11) is 0. The van der Waals surface area contributed by atoms with Crippen LogP contribution in [0, 0.1) is 5.92 Å². The number of imide groups is 1. The molecule has 3 N–H and O–H groups in total. The lowest BCUT2D eigenvalue weighted by molar-refractivity contribution is -0.152. The van der Waals surface area contributed by atoms with E-state index in [1.165, 1.54) is 0 Å². The lowest BCUT2D eigenvalue weighted by atomic mass is 10.1. The molecule has 0 unspecified atom stereocenters. The summed E-state index contributed by atoms with van der Waals surface area (Å²) in [6.07, 6.45) is 1.69. The second kappa shape index (κ2) is 5.53. The Balaban J connectivity index is 3.69. The highest BCUT2D eigenvalue weighted by Gasteiger charge is 2.15. The van der Waals surface area contributed by atoms with Crippen molar-refractivity contribution < 1.29 is 14.8 Å². The van der Waals surface area contributed by atoms with Gasteiger partial charge in [-0.15, -0.1) is 5.06 Å². The number of hydrogen-bond acceptors (Lipinski definition) is 3. The minimum Gasteiger partial charge on any atom is -0.349 e. The molecule has 0 aliphatic rings. The van der Waals surface area contributed by atoms with E-state index >= 15 is 0 Å². The zero-order valence-corrected chi connectivity index (χ0v) is 7.99. The second-order valence-electron chi connectivity index (χ2n) is 3.33. The Kier molecular flexibility index (Phi) is 5.06. The molecule has 0 saturated carbocycles. The Morgan fingerprint density at radius 2 is 2.00 bits per heavy atom. The van der Waals surface area contributed by atoms with E-state index in [-0.39, 0.29) is 11.5 Å². The summed E-state index contributed by atoms with van der Waals surface area (Å²) >= 11 is 0. The summed E-state index contributed by atoms with van der Waals surface area (Å²) < 4.78 is 0. The van der Waals surface area contributed by atoms with E-state index in [9.17, 15) is 9.59 Å². The number of carbonyl (C=O) groups excluding carboxylic acids is 2. The van der Waals surface area contributed by atoms with E-state index < -0.39 is 11.9 Å². The molecule has 0 aromatic carbocycles. The van der Waals surface area contributed by atoms with Crippen LogP contribution in [0.4, 0.5) is 4.79 Å². The lowest BCUT2D eigenvalue weighted by Gasteiger charge is -2.09. The van der Waals surface area contributed by atoms with Crippen LogP contribution in [0.25, 0.3) is 0 Å². The normalized spacial score (nSPS) is 10.2. The smallest absolute Gasteiger partial charge is 0.345 e. The molecule has 76 valence electrons. The molecule has 13 heavy (non-hydrogen) atoms. The van der Waals surface area contributed by atoms with E-state index in [1.54, 1.807) is 0 Å². The van der Waals surface area contributed by atoms with Gasteiger partial charge in [-0.05, 0) is 12.3 Å². The number of hydroxylamine groups is 2. The zero-order valence-electron chi connectivity index (χ0n) is 7.99. The van der Waals surface area contributed by atoms with Crippen LogP contribution in [-0.2, 0) is 4.79 Å². The maximum atomic E-state index is 10.9. The second-order valence-corrected chi connectivity index (χ2v) is 3.33. The fraction of sp³-hybridized carbons (Fsp3) is 0.750. The van der Waals surface area contributed by atoms with Gasteiger partial charge in [0.05, 0.1) is 0 Å². The molecule has 0 fully saturated rings. The Morgan fingerprint density at radius 1 is 1.46 bits per heavy atom. The first-order chi connectivity index (χ1) is 5.95. The van der Waals surface area contributed by atoms with Gasteiger partial charge in [-0.1, -0.05) is 20.3 Å². The third kappa shape index (κ3) is 5.19. The van der Waals surface area contributed by atoms with Crippen LogP contribution < -0.4 is 5.73 Å². The van der Waals surface area contributed by atoms with Crippen LogP contribution in [-0.4, -0.2) is 22.2 Å². The fourth-order valence-corrected chi connectivity index (χ4v) is 0.890. The number of urea groups is 1. The molecule has 0 atom stereocenters. The molecule has 3 amide bonds. The van der Waals surface area contributed by atoms with Crippen LogP contribution in [0.3, 0.4) is 0 Å². The fourth-order valence-electron chi connectivity index (χ4n) is 0.890. The largest absolute Gasteiger partial charge is 0.349 e. The Labute approximate surface area is 77.5 Å². The van der Waals surface area contributed by atoms with Crippen LogP contribution in [0.15, 0.2) is 0 Å². The van der Waals surface area contributed by atoms with E-state index in [4.69, 9.17) is 5.21 Å². The molecule has 0 saturated heterocycles. The number of nitrogens with zero attached hydrogens (tertiary/aromatic N) is 1. The van der Waals surface area contributed by atoms with Crippen molar-refractivity contribution in [1.82, 2.24) is 5.06 Å². The molecule has 0 rings (SSSR count). The summed E-state index contributed by atoms with van der Waals surface area (Å²) in [6, 6.07) is -1.13. The van der Waals surface area contributed by atoms with Crippen LogP contribution >= 0.6 is 0 Å². The summed E-state index contributed by atoms with van der Waals surface area (Å²) in [6.45, 7) is 4.07. The first-order valence-corrected chi connectivity index (χ1v) is 4.26. The quantitative estimate of drug-likeness (QED) is 0.512. The van der Waals surface area contributed by atoms with E-state index in [2.05, 4.69) is 5.73 Å². The van der Waals surface area contributed by atoms with Gasteiger partial charge < -0.3 is 5.73 Å². The summed E-state index contributed by atoms with van der Waals surface area (Å²) in [5.74, 6) is -0.137. The van der Waals surface area contributed by atoms with Crippen molar-refractivity contribution in [1.29, 1.82) is 0 Å². The van der Waals surface area contributed by atoms with Crippen molar-refractivity contribution >= 4 is 11.9 Å². The summed E-state index contributed by atoms with van der Waals surface area (Å²) in [5, 5.41) is 8.73. The average molecular weight is 188 g/mol. The predicted molar refractivity (Wildman–Crippen MR) is 46.9 cm³/mol. The van der Waals surface area contributed by atoms with Crippen molar-refractivity contribution in [3.63, 3.8) is 0 Å². The highest BCUT2D eigenvalue weighted by Crippen LogP contribution is 2.07. The number of nitrogens with two attached hydrogens (primary N) is 1. The molecule has 0 aromatic heterocycles. The van der Waals surface area contributed by atoms with Gasteiger partial charge in [-0.25, -0.2) is 4.79 Å². The first kappa shape index (κ1) is 11.9. The Morgan fingerprint density at radius 3 is 2.38 bits per heavy atom. The molecular weight excluding hydrogens is 172 g/mol. The van der Waals surface area contributed by atoms with Gasteiger partial charge in [0.1, 0.15) is 0 Å². The Bertz CT molecular complexity index is 192. The molecule has 0 aromatic rings. The maximum Gasteiger partial charge on any atom is 0.345 e. The molecule has 5 heteroatoms. The molecule has 0 aliphatic heterocycles. The standard InChI is InChI=1S/C8H16N2O3/c1-6(2)4-3-5-7(11)10(13)8(9)12/h6,13H,3-5H2,1-2H3,(H2,9,12). The molecular formula is C8H16N2O3. The molecule has 5 nitrogen and oxygen atoms in total. The van der Waals surface area contributed by atoms with E-state index in [1.807, 2.05) is 13.8 Å². The van der Waals surface area contributed by atoms with Gasteiger partial charge in [0.15, 0.2) is 0 Å². The van der Waals surface area contributed by atoms with Crippen molar-refractivity contribution in [2.75, 3.05) is 0 Å². The van der Waals surface area contributed by atoms with E-state index in [0.717, 1.165) is 6.42 Å². The van der Waals surface area contributed by atoms with Crippen LogP contribution in [0.5, 0.6) is 0 Å². The van der Waals surface area contributed by atoms with Gasteiger partial charge in [-0.2, -0.15) is 0 Å². The Hall–Kier alpha value is -1.10. The molecule has 0 radical (unpaired) electrons. The van der Waals surface area contributed by atoms with Gasteiger partial charge in [-0.3, -0.25) is 10.0 Å². The molecule has 0 spiro atoms. The summed E-state index contributed by atoms with van der Waals surface area (Å²) in [4.78, 5) is 21.3. The zero-order chi connectivity index (χ0) is 10.4. The predicted octanol–water partition coefficient (Wildman–Crippen LogP) is 1.11. The molecule has 0 heterocycles. The third-order valence-corrected chi connectivity index (χ3v) is 1.62. The monoisotopic (exact) mass is 188 g/mol. The number of primary amides is 1. The van der Waals surface area contributed by atoms with Gasteiger partial charge in [0, 0.05) is 6.42 Å². The number of amides is 3. The van der Waals surface area contributed by atoms with Gasteiger partial charge in [0.2, 0.25) is 0 Å². The maximum absolute atomic E-state index is 10.9. The number of hydrogen-bond donors (Lipinski definition) is 2. The van der Waals surface area contributed by atoms with Gasteiger partial charge in [0.25, 0.3) is 5.91 Å². The highest BCUT2D eigenvalue weighted by molar-refractivity contribution is 5.91. The van der Waals surface area contributed by atoms with E-state index in [0.29, 0.717) is 12.3 Å².